The lowest BCUT2D eigenvalue weighted by Crippen LogP contribution is -2.14. The summed E-state index contributed by atoms with van der Waals surface area (Å²) in [7, 11) is 0. The van der Waals surface area contributed by atoms with E-state index < -0.39 is 11.9 Å². The van der Waals surface area contributed by atoms with E-state index in [1.807, 2.05) is 12.3 Å². The van der Waals surface area contributed by atoms with Gasteiger partial charge in [-0.15, -0.1) is 11.3 Å². The van der Waals surface area contributed by atoms with Crippen molar-refractivity contribution in [3.63, 3.8) is 0 Å². The number of benzene rings is 1. The van der Waals surface area contributed by atoms with Gasteiger partial charge in [-0.3, -0.25) is 4.79 Å². The van der Waals surface area contributed by atoms with Crippen molar-refractivity contribution in [1.82, 2.24) is 4.98 Å². The van der Waals surface area contributed by atoms with Gasteiger partial charge >= 0.3 is 5.97 Å². The zero-order valence-electron chi connectivity index (χ0n) is 12.0. The van der Waals surface area contributed by atoms with Crippen LogP contribution in [0.1, 0.15) is 16.1 Å². The summed E-state index contributed by atoms with van der Waals surface area (Å²) < 4.78 is 0. The summed E-state index contributed by atoms with van der Waals surface area (Å²) in [5, 5.41) is 25.6. The molecule has 0 radical (unpaired) electrons. The van der Waals surface area contributed by atoms with Gasteiger partial charge < -0.3 is 15.7 Å². The highest BCUT2D eigenvalue weighted by molar-refractivity contribution is 7.13. The molecule has 8 heteroatoms. The molecule has 2 rings (SSSR count). The minimum absolute atomic E-state index is 0.111. The van der Waals surface area contributed by atoms with Gasteiger partial charge in [-0.2, -0.15) is 5.26 Å². The first-order chi connectivity index (χ1) is 11.0. The highest BCUT2D eigenvalue weighted by atomic mass is 32.1. The Labute approximate surface area is 135 Å². The number of carboxylic acids is 1. The largest absolute Gasteiger partial charge is 0.478 e. The lowest BCUT2D eigenvalue weighted by Gasteiger charge is -2.04. The lowest BCUT2D eigenvalue weighted by atomic mass is 10.2. The number of aromatic nitrogens is 1. The summed E-state index contributed by atoms with van der Waals surface area (Å²) >= 11 is 1.36. The van der Waals surface area contributed by atoms with E-state index in [-0.39, 0.29) is 11.1 Å². The number of nitriles is 1. The molecule has 0 saturated heterocycles. The Balaban J connectivity index is 2.05. The summed E-state index contributed by atoms with van der Waals surface area (Å²) in [5.74, 6) is -1.65. The molecule has 0 atom stereocenters. The minimum atomic E-state index is -1.05. The summed E-state index contributed by atoms with van der Waals surface area (Å²) in [5.41, 5.74) is 1.22. The van der Waals surface area contributed by atoms with Crippen LogP contribution in [0.3, 0.4) is 0 Å². The molecule has 1 amide bonds. The van der Waals surface area contributed by atoms with Crippen LogP contribution in [-0.4, -0.2) is 22.0 Å². The molecule has 0 aliphatic heterocycles. The summed E-state index contributed by atoms with van der Waals surface area (Å²) in [6, 6.07) is 7.43. The number of aromatic carboxylic acids is 1. The van der Waals surface area contributed by atoms with Crippen LogP contribution in [0.15, 0.2) is 41.4 Å². The molecule has 23 heavy (non-hydrogen) atoms. The second-order valence-corrected chi connectivity index (χ2v) is 5.30. The highest BCUT2D eigenvalue weighted by Crippen LogP contribution is 2.15. The van der Waals surface area contributed by atoms with Crippen LogP contribution in [-0.2, 0) is 4.79 Å². The van der Waals surface area contributed by atoms with E-state index in [1.54, 1.807) is 6.07 Å². The molecule has 0 spiro atoms. The molecular formula is C15H12N4O3S. The van der Waals surface area contributed by atoms with Crippen LogP contribution in [0.5, 0.6) is 0 Å². The van der Waals surface area contributed by atoms with Gasteiger partial charge in [0, 0.05) is 17.3 Å². The first-order valence-electron chi connectivity index (χ1n) is 6.43. The number of carboxylic acid groups (broad SMARTS) is 1. The Morgan fingerprint density at radius 1 is 1.35 bits per heavy atom. The number of carbonyl (C=O) groups excluding carboxylic acids is 1. The number of carbonyl (C=O) groups is 2. The van der Waals surface area contributed by atoms with Crippen molar-refractivity contribution in [2.45, 2.75) is 6.92 Å². The second kappa shape index (κ2) is 7.20. The van der Waals surface area contributed by atoms with Crippen molar-refractivity contribution in [3.05, 3.63) is 52.7 Å². The quantitative estimate of drug-likeness (QED) is 0.574. The number of rotatable bonds is 5. The predicted octanol–water partition coefficient (Wildman–Crippen LogP) is 2.61. The number of nitrogens with zero attached hydrogens (tertiary/aromatic N) is 2. The topological polar surface area (TPSA) is 115 Å². The molecule has 1 heterocycles. The third kappa shape index (κ3) is 4.39. The fraction of sp³-hybridized carbons (Fsp3) is 0.0667. The number of hydrogen-bond acceptors (Lipinski definition) is 6. The van der Waals surface area contributed by atoms with Gasteiger partial charge in [0.05, 0.1) is 11.3 Å². The van der Waals surface area contributed by atoms with Gasteiger partial charge in [0.25, 0.3) is 5.91 Å². The zero-order valence-corrected chi connectivity index (χ0v) is 12.8. The molecule has 0 bridgehead atoms. The number of nitrogens with one attached hydrogen (secondary N) is 2. The Morgan fingerprint density at radius 3 is 2.57 bits per heavy atom. The maximum atomic E-state index is 12.0. The molecule has 0 aliphatic rings. The third-order valence-electron chi connectivity index (χ3n) is 2.71. The molecule has 0 aliphatic carbocycles. The Hall–Kier alpha value is -3.18. The van der Waals surface area contributed by atoms with Crippen LogP contribution in [0, 0.1) is 18.3 Å². The van der Waals surface area contributed by atoms with E-state index in [0.29, 0.717) is 10.8 Å². The van der Waals surface area contributed by atoms with Crippen LogP contribution < -0.4 is 10.6 Å². The fourth-order valence-electron chi connectivity index (χ4n) is 1.60. The number of amides is 1. The Morgan fingerprint density at radius 2 is 2.04 bits per heavy atom. The van der Waals surface area contributed by atoms with Crippen LogP contribution in [0.25, 0.3) is 0 Å². The second-order valence-electron chi connectivity index (χ2n) is 4.44. The van der Waals surface area contributed by atoms with Crippen LogP contribution in [0.4, 0.5) is 10.8 Å². The standard InChI is InChI=1S/C15H12N4O3S/c1-9-8-23-15(18-9)17-7-11(6-16)13(20)19-12-4-2-10(3-5-12)14(21)22/h2-5,7-8H,1H3,(H,17,18)(H,19,20)(H,21,22)/b11-7-. The van der Waals surface area contributed by atoms with E-state index in [9.17, 15) is 9.59 Å². The molecule has 1 aromatic heterocycles. The molecule has 0 unspecified atom stereocenters. The van der Waals surface area contributed by atoms with E-state index in [4.69, 9.17) is 10.4 Å². The monoisotopic (exact) mass is 328 g/mol. The van der Waals surface area contributed by atoms with Gasteiger partial charge in [0.15, 0.2) is 5.13 Å². The van der Waals surface area contributed by atoms with Crippen molar-refractivity contribution < 1.29 is 14.7 Å². The number of aryl methyl sites for hydroxylation is 1. The predicted molar refractivity (Wildman–Crippen MR) is 86.2 cm³/mol. The molecule has 116 valence electrons. The maximum Gasteiger partial charge on any atom is 0.335 e. The first-order valence-corrected chi connectivity index (χ1v) is 7.31. The maximum absolute atomic E-state index is 12.0. The molecule has 3 N–H and O–H groups in total. The van der Waals surface area contributed by atoms with E-state index in [2.05, 4.69) is 15.6 Å². The lowest BCUT2D eigenvalue weighted by molar-refractivity contribution is -0.112. The van der Waals surface area contributed by atoms with Gasteiger partial charge in [0.2, 0.25) is 0 Å². The van der Waals surface area contributed by atoms with Gasteiger partial charge in [-0.1, -0.05) is 0 Å². The van der Waals surface area contributed by atoms with E-state index in [1.165, 1.54) is 41.8 Å². The molecule has 0 fully saturated rings. The molecule has 0 saturated carbocycles. The average Bonchev–Trinajstić information content (AvgIpc) is 2.94. The molecule has 1 aromatic carbocycles. The average molecular weight is 328 g/mol. The Kier molecular flexibility index (Phi) is 5.07. The van der Waals surface area contributed by atoms with Crippen molar-refractivity contribution in [2.75, 3.05) is 10.6 Å². The number of anilines is 2. The van der Waals surface area contributed by atoms with E-state index in [0.717, 1.165) is 5.69 Å². The number of thiazole rings is 1. The Bertz CT molecular complexity index is 803. The van der Waals surface area contributed by atoms with E-state index >= 15 is 0 Å². The summed E-state index contributed by atoms with van der Waals surface area (Å²) in [6.45, 7) is 1.84. The SMILES string of the molecule is Cc1csc(N/C=C(/C#N)C(=O)Nc2ccc(C(=O)O)cc2)n1. The van der Waals surface area contributed by atoms with Crippen molar-refractivity contribution in [3.8, 4) is 6.07 Å². The fourth-order valence-corrected chi connectivity index (χ4v) is 2.26. The third-order valence-corrected chi connectivity index (χ3v) is 3.61. The molecular weight excluding hydrogens is 316 g/mol. The summed E-state index contributed by atoms with van der Waals surface area (Å²) in [4.78, 5) is 26.9. The van der Waals surface area contributed by atoms with Crippen molar-refractivity contribution in [2.24, 2.45) is 0 Å². The minimum Gasteiger partial charge on any atom is -0.478 e. The van der Waals surface area contributed by atoms with Crippen molar-refractivity contribution in [1.29, 1.82) is 5.26 Å². The number of hydrogen-bond donors (Lipinski definition) is 3. The van der Waals surface area contributed by atoms with Crippen LogP contribution >= 0.6 is 11.3 Å². The summed E-state index contributed by atoms with van der Waals surface area (Å²) in [6.07, 6.45) is 1.28. The molecule has 7 nitrogen and oxygen atoms in total. The molecule has 2 aromatic rings. The van der Waals surface area contributed by atoms with Gasteiger partial charge in [-0.05, 0) is 31.2 Å². The van der Waals surface area contributed by atoms with Gasteiger partial charge in [0.1, 0.15) is 11.6 Å². The highest BCUT2D eigenvalue weighted by Gasteiger charge is 2.10. The normalized spacial score (nSPS) is 10.7. The van der Waals surface area contributed by atoms with Gasteiger partial charge in [-0.25, -0.2) is 9.78 Å². The first kappa shape index (κ1) is 16.2. The van der Waals surface area contributed by atoms with Crippen molar-refractivity contribution >= 4 is 34.0 Å². The smallest absolute Gasteiger partial charge is 0.335 e. The zero-order chi connectivity index (χ0) is 16.8. The van der Waals surface area contributed by atoms with Crippen LogP contribution in [0.2, 0.25) is 0 Å².